The minimum atomic E-state index is -0.353. The molecule has 0 atom stereocenters. The number of carbonyl (C=O) groups is 1. The molecule has 4 aromatic rings. The van der Waals surface area contributed by atoms with Crippen molar-refractivity contribution in [3.63, 3.8) is 0 Å². The Hall–Kier alpha value is -2.81. The molecule has 0 spiro atoms. The van der Waals surface area contributed by atoms with Crippen LogP contribution < -0.4 is 5.32 Å². The van der Waals surface area contributed by atoms with Crippen LogP contribution in [0.3, 0.4) is 0 Å². The van der Waals surface area contributed by atoms with Crippen LogP contribution in [0.15, 0.2) is 42.5 Å². The minimum absolute atomic E-state index is 0.345. The van der Waals surface area contributed by atoms with Gasteiger partial charge in [0.25, 0.3) is 5.91 Å². The molecule has 29 heavy (non-hydrogen) atoms. The average molecular weight is 445 g/mol. The molecule has 1 amide bonds. The first-order valence-corrected chi connectivity index (χ1v) is 10.1. The van der Waals surface area contributed by atoms with Gasteiger partial charge in [0.15, 0.2) is 11.5 Å². The van der Waals surface area contributed by atoms with Gasteiger partial charge in [0.2, 0.25) is 5.13 Å². The molecule has 4 rings (SSSR count). The molecule has 0 radical (unpaired) electrons. The summed E-state index contributed by atoms with van der Waals surface area (Å²) in [5, 5.41) is 12.5. The first kappa shape index (κ1) is 19.5. The highest BCUT2D eigenvalue weighted by atomic mass is 35.5. The van der Waals surface area contributed by atoms with E-state index in [4.69, 9.17) is 23.2 Å². The van der Waals surface area contributed by atoms with Gasteiger partial charge in [-0.25, -0.2) is 4.68 Å². The second-order valence-corrected chi connectivity index (χ2v) is 7.82. The van der Waals surface area contributed by atoms with Crippen LogP contribution in [0.25, 0.3) is 17.2 Å². The summed E-state index contributed by atoms with van der Waals surface area (Å²) in [5.41, 5.74) is 3.49. The molecule has 0 saturated carbocycles. The van der Waals surface area contributed by atoms with Crippen LogP contribution in [-0.4, -0.2) is 30.3 Å². The van der Waals surface area contributed by atoms with Crippen molar-refractivity contribution in [1.82, 2.24) is 24.4 Å². The predicted octanol–water partition coefficient (Wildman–Crippen LogP) is 4.96. The summed E-state index contributed by atoms with van der Waals surface area (Å²) in [7, 11) is 0. The van der Waals surface area contributed by atoms with Crippen LogP contribution >= 0.6 is 34.7 Å². The summed E-state index contributed by atoms with van der Waals surface area (Å²) in [6, 6.07) is 12.4. The molecule has 7 nitrogen and oxygen atoms in total. The van der Waals surface area contributed by atoms with E-state index < -0.39 is 0 Å². The number of aryl methyl sites for hydroxylation is 1. The fraction of sp³-hybridized carbons (Fsp3) is 0.105. The highest BCUT2D eigenvalue weighted by molar-refractivity contribution is 7.10. The Balaban J connectivity index is 1.61. The van der Waals surface area contributed by atoms with Gasteiger partial charge in [-0.05, 0) is 43.7 Å². The molecule has 0 aliphatic heterocycles. The summed E-state index contributed by atoms with van der Waals surface area (Å²) in [6.45, 7) is 3.84. The number of benzene rings is 2. The maximum Gasteiger partial charge on any atom is 0.258 e. The lowest BCUT2D eigenvalue weighted by Gasteiger charge is -2.07. The Labute approximate surface area is 180 Å². The third kappa shape index (κ3) is 3.87. The highest BCUT2D eigenvalue weighted by Gasteiger charge is 2.19. The van der Waals surface area contributed by atoms with Crippen molar-refractivity contribution in [2.24, 2.45) is 0 Å². The molecule has 146 valence electrons. The molecule has 2 aromatic carbocycles. The zero-order chi connectivity index (χ0) is 20.5. The molecule has 0 unspecified atom stereocenters. The fourth-order valence-electron chi connectivity index (χ4n) is 2.76. The Morgan fingerprint density at radius 2 is 1.93 bits per heavy atom. The first-order chi connectivity index (χ1) is 13.9. The molecule has 0 aliphatic rings. The Bertz CT molecular complexity index is 1220. The number of nitrogens with one attached hydrogen (secondary N) is 1. The van der Waals surface area contributed by atoms with E-state index in [9.17, 15) is 4.79 Å². The van der Waals surface area contributed by atoms with Gasteiger partial charge < -0.3 is 0 Å². The number of amides is 1. The molecule has 1 N–H and O–H groups in total. The van der Waals surface area contributed by atoms with Crippen molar-refractivity contribution in [3.8, 4) is 17.2 Å². The van der Waals surface area contributed by atoms with Crippen LogP contribution in [-0.2, 0) is 0 Å². The lowest BCUT2D eigenvalue weighted by atomic mass is 10.2. The van der Waals surface area contributed by atoms with E-state index in [-0.39, 0.29) is 5.91 Å². The van der Waals surface area contributed by atoms with Crippen LogP contribution in [0.4, 0.5) is 5.13 Å². The molecule has 0 bridgehead atoms. The van der Waals surface area contributed by atoms with E-state index in [0.717, 1.165) is 28.5 Å². The maximum atomic E-state index is 12.4. The van der Waals surface area contributed by atoms with Crippen molar-refractivity contribution >= 4 is 45.8 Å². The predicted molar refractivity (Wildman–Crippen MR) is 114 cm³/mol. The summed E-state index contributed by atoms with van der Waals surface area (Å²) in [4.78, 5) is 16.8. The summed E-state index contributed by atoms with van der Waals surface area (Å²) in [5.74, 6) is 0.0288. The van der Waals surface area contributed by atoms with E-state index in [1.54, 1.807) is 28.9 Å². The van der Waals surface area contributed by atoms with E-state index in [1.807, 2.05) is 32.0 Å². The molecule has 0 aliphatic carbocycles. The second-order valence-electron chi connectivity index (χ2n) is 6.22. The number of nitrogens with zero attached hydrogens (tertiary/aromatic N) is 5. The monoisotopic (exact) mass is 444 g/mol. The van der Waals surface area contributed by atoms with Gasteiger partial charge in [-0.1, -0.05) is 46.6 Å². The lowest BCUT2D eigenvalue weighted by molar-refractivity contribution is 0.102. The normalized spacial score (nSPS) is 10.9. The van der Waals surface area contributed by atoms with E-state index in [2.05, 4.69) is 25.0 Å². The van der Waals surface area contributed by atoms with E-state index in [1.165, 1.54) is 0 Å². The number of hydrogen-bond acceptors (Lipinski definition) is 6. The molecule has 2 aromatic heterocycles. The van der Waals surface area contributed by atoms with E-state index in [0.29, 0.717) is 32.3 Å². The van der Waals surface area contributed by atoms with Gasteiger partial charge in [0.1, 0.15) is 0 Å². The number of aromatic nitrogens is 5. The van der Waals surface area contributed by atoms with Gasteiger partial charge in [0, 0.05) is 16.6 Å². The number of hydrogen-bond donors (Lipinski definition) is 1. The zero-order valence-electron chi connectivity index (χ0n) is 15.3. The number of carbonyl (C=O) groups excluding carboxylic acids is 1. The lowest BCUT2D eigenvalue weighted by Crippen LogP contribution is -2.12. The molecule has 2 heterocycles. The van der Waals surface area contributed by atoms with Gasteiger partial charge in [-0.3, -0.25) is 10.1 Å². The van der Waals surface area contributed by atoms with Gasteiger partial charge in [-0.15, -0.1) is 5.10 Å². The largest absolute Gasteiger partial charge is 0.297 e. The van der Waals surface area contributed by atoms with Crippen LogP contribution in [0, 0.1) is 13.8 Å². The Kier molecular flexibility index (Phi) is 5.31. The standard InChI is InChI=1S/C19H14Cl2N6OS/c1-10-7-8-12(20)9-15(10)27-11(2)16(24-26-27)17-22-19(29-25-17)23-18(28)13-5-3-4-6-14(13)21/h3-9H,1-2H3,(H,22,23,25,28). The SMILES string of the molecule is Cc1ccc(Cl)cc1-n1nnc(-c2nsc(NC(=O)c3ccccc3Cl)n2)c1C. The van der Waals surface area contributed by atoms with Crippen molar-refractivity contribution < 1.29 is 4.79 Å². The average Bonchev–Trinajstić information content (AvgIpc) is 3.30. The number of anilines is 1. The van der Waals surface area contributed by atoms with Crippen LogP contribution in [0.1, 0.15) is 21.6 Å². The molecular formula is C19H14Cl2N6OS. The molecule has 0 saturated heterocycles. The van der Waals surface area contributed by atoms with Crippen molar-refractivity contribution in [2.75, 3.05) is 5.32 Å². The van der Waals surface area contributed by atoms with Gasteiger partial charge in [0.05, 0.1) is 22.0 Å². The summed E-state index contributed by atoms with van der Waals surface area (Å²) >= 11 is 13.2. The van der Waals surface area contributed by atoms with Gasteiger partial charge >= 0.3 is 0 Å². The van der Waals surface area contributed by atoms with Gasteiger partial charge in [-0.2, -0.15) is 9.36 Å². The zero-order valence-corrected chi connectivity index (χ0v) is 17.7. The van der Waals surface area contributed by atoms with Crippen molar-refractivity contribution in [1.29, 1.82) is 0 Å². The summed E-state index contributed by atoms with van der Waals surface area (Å²) < 4.78 is 6.00. The van der Waals surface area contributed by atoms with Crippen molar-refractivity contribution in [3.05, 3.63) is 69.3 Å². The minimum Gasteiger partial charge on any atom is -0.297 e. The fourth-order valence-corrected chi connectivity index (χ4v) is 3.71. The Morgan fingerprint density at radius 3 is 2.72 bits per heavy atom. The van der Waals surface area contributed by atoms with Crippen LogP contribution in [0.5, 0.6) is 0 Å². The Morgan fingerprint density at radius 1 is 1.14 bits per heavy atom. The smallest absolute Gasteiger partial charge is 0.258 e. The highest BCUT2D eigenvalue weighted by Crippen LogP contribution is 2.26. The van der Waals surface area contributed by atoms with E-state index >= 15 is 0 Å². The number of rotatable bonds is 4. The maximum absolute atomic E-state index is 12.4. The molecule has 10 heteroatoms. The molecule has 0 fully saturated rings. The number of halogens is 2. The van der Waals surface area contributed by atoms with Crippen LogP contribution in [0.2, 0.25) is 10.0 Å². The summed E-state index contributed by atoms with van der Waals surface area (Å²) in [6.07, 6.45) is 0. The third-order valence-electron chi connectivity index (χ3n) is 4.27. The first-order valence-electron chi connectivity index (χ1n) is 8.53. The van der Waals surface area contributed by atoms with Crippen molar-refractivity contribution in [2.45, 2.75) is 13.8 Å². The quantitative estimate of drug-likeness (QED) is 0.480. The molecular weight excluding hydrogens is 431 g/mol. The second kappa shape index (κ2) is 7.90. The topological polar surface area (TPSA) is 85.6 Å². The third-order valence-corrected chi connectivity index (χ3v) is 5.47.